The molecule has 0 radical (unpaired) electrons. The van der Waals surface area contributed by atoms with Crippen LogP contribution < -0.4 is 5.32 Å². The number of hydrogen-bond acceptors (Lipinski definition) is 4. The van der Waals surface area contributed by atoms with E-state index in [1.807, 2.05) is 23.1 Å². The van der Waals surface area contributed by atoms with E-state index in [1.54, 1.807) is 6.20 Å². The highest BCUT2D eigenvalue weighted by Crippen LogP contribution is 2.20. The fourth-order valence-electron chi connectivity index (χ4n) is 1.74. The molecule has 2 aromatic heterocycles. The normalized spacial score (nSPS) is 10.9. The third-order valence-corrected chi connectivity index (χ3v) is 2.64. The van der Waals surface area contributed by atoms with Gasteiger partial charge in [0.15, 0.2) is 0 Å². The van der Waals surface area contributed by atoms with Crippen molar-refractivity contribution in [3.05, 3.63) is 24.7 Å². The lowest BCUT2D eigenvalue weighted by molar-refractivity contribution is 0.538. The number of hydrogen-bond donors (Lipinski definition) is 1. The predicted octanol–water partition coefficient (Wildman–Crippen LogP) is 2.74. The molecule has 0 aromatic carbocycles. The summed E-state index contributed by atoms with van der Waals surface area (Å²) in [6.45, 7) is 7.22. The quantitative estimate of drug-likeness (QED) is 0.880. The Hall–Kier alpha value is -1.91. The van der Waals surface area contributed by atoms with Crippen LogP contribution in [0.25, 0.3) is 11.3 Å². The van der Waals surface area contributed by atoms with Crippen LogP contribution in [0, 0.1) is 0 Å². The van der Waals surface area contributed by atoms with Gasteiger partial charge in [0, 0.05) is 36.7 Å². The van der Waals surface area contributed by atoms with E-state index in [0.29, 0.717) is 12.0 Å². The molecule has 0 aliphatic heterocycles. The molecule has 0 fully saturated rings. The van der Waals surface area contributed by atoms with Crippen LogP contribution in [0.4, 0.5) is 5.95 Å². The SMILES string of the molecule is CCCNc1ncc(-c2ccnn2C(C)C)cn1. The van der Waals surface area contributed by atoms with Gasteiger partial charge in [0.1, 0.15) is 0 Å². The van der Waals surface area contributed by atoms with E-state index >= 15 is 0 Å². The Bertz CT molecular complexity index is 486. The van der Waals surface area contributed by atoms with Crippen molar-refractivity contribution < 1.29 is 0 Å². The maximum atomic E-state index is 4.31. The lowest BCUT2D eigenvalue weighted by Crippen LogP contribution is -2.06. The van der Waals surface area contributed by atoms with Gasteiger partial charge in [-0.25, -0.2) is 9.97 Å². The molecule has 5 nitrogen and oxygen atoms in total. The highest BCUT2D eigenvalue weighted by atomic mass is 15.3. The van der Waals surface area contributed by atoms with Crippen molar-refractivity contribution >= 4 is 5.95 Å². The molecular formula is C13H19N5. The third-order valence-electron chi connectivity index (χ3n) is 2.64. The molecule has 2 heterocycles. The Morgan fingerprint density at radius 1 is 1.28 bits per heavy atom. The molecule has 0 aliphatic rings. The van der Waals surface area contributed by atoms with Crippen LogP contribution in [0.1, 0.15) is 33.2 Å². The van der Waals surface area contributed by atoms with E-state index in [2.05, 4.69) is 41.2 Å². The summed E-state index contributed by atoms with van der Waals surface area (Å²) in [5, 5.41) is 7.47. The lowest BCUT2D eigenvalue weighted by atomic mass is 10.2. The average Bonchev–Trinajstić information content (AvgIpc) is 2.86. The van der Waals surface area contributed by atoms with Gasteiger partial charge in [-0.3, -0.25) is 4.68 Å². The zero-order valence-corrected chi connectivity index (χ0v) is 11.1. The third kappa shape index (κ3) is 2.67. The van der Waals surface area contributed by atoms with Gasteiger partial charge in [-0.1, -0.05) is 6.92 Å². The summed E-state index contributed by atoms with van der Waals surface area (Å²) in [5.74, 6) is 0.677. The van der Waals surface area contributed by atoms with Gasteiger partial charge in [0.25, 0.3) is 0 Å². The van der Waals surface area contributed by atoms with Crippen LogP contribution in [0.3, 0.4) is 0 Å². The van der Waals surface area contributed by atoms with Crippen molar-refractivity contribution in [3.8, 4) is 11.3 Å². The molecule has 0 saturated carbocycles. The van der Waals surface area contributed by atoms with Crippen molar-refractivity contribution in [2.75, 3.05) is 11.9 Å². The number of anilines is 1. The Morgan fingerprint density at radius 2 is 2.00 bits per heavy atom. The summed E-state index contributed by atoms with van der Waals surface area (Å²) >= 11 is 0. The Morgan fingerprint density at radius 3 is 2.61 bits per heavy atom. The van der Waals surface area contributed by atoms with E-state index < -0.39 is 0 Å². The molecule has 2 rings (SSSR count). The first-order valence-corrected chi connectivity index (χ1v) is 6.32. The highest BCUT2D eigenvalue weighted by molar-refractivity contribution is 5.57. The molecule has 0 saturated heterocycles. The van der Waals surface area contributed by atoms with Crippen molar-refractivity contribution in [2.45, 2.75) is 33.2 Å². The fourth-order valence-corrected chi connectivity index (χ4v) is 1.74. The van der Waals surface area contributed by atoms with Crippen molar-refractivity contribution in [2.24, 2.45) is 0 Å². The van der Waals surface area contributed by atoms with Crippen LogP contribution in [0.2, 0.25) is 0 Å². The number of aromatic nitrogens is 4. The van der Waals surface area contributed by atoms with Gasteiger partial charge in [0.2, 0.25) is 5.95 Å². The molecule has 5 heteroatoms. The van der Waals surface area contributed by atoms with E-state index in [1.165, 1.54) is 0 Å². The van der Waals surface area contributed by atoms with Crippen molar-refractivity contribution in [1.29, 1.82) is 0 Å². The van der Waals surface area contributed by atoms with Gasteiger partial charge >= 0.3 is 0 Å². The summed E-state index contributed by atoms with van der Waals surface area (Å²) in [5.41, 5.74) is 2.04. The second-order valence-electron chi connectivity index (χ2n) is 4.48. The van der Waals surface area contributed by atoms with E-state index in [0.717, 1.165) is 24.2 Å². The Kier molecular flexibility index (Phi) is 3.92. The second kappa shape index (κ2) is 5.62. The largest absolute Gasteiger partial charge is 0.354 e. The number of rotatable bonds is 5. The van der Waals surface area contributed by atoms with Gasteiger partial charge < -0.3 is 5.32 Å². The minimum atomic E-state index is 0.327. The maximum Gasteiger partial charge on any atom is 0.222 e. The van der Waals surface area contributed by atoms with Crippen LogP contribution in [0.15, 0.2) is 24.7 Å². The summed E-state index contributed by atoms with van der Waals surface area (Å²) in [7, 11) is 0. The monoisotopic (exact) mass is 245 g/mol. The molecular weight excluding hydrogens is 226 g/mol. The van der Waals surface area contributed by atoms with Crippen molar-refractivity contribution in [1.82, 2.24) is 19.7 Å². The van der Waals surface area contributed by atoms with Crippen LogP contribution >= 0.6 is 0 Å². The molecule has 0 bridgehead atoms. The fraction of sp³-hybridized carbons (Fsp3) is 0.462. The molecule has 2 aromatic rings. The lowest BCUT2D eigenvalue weighted by Gasteiger charge is -2.10. The zero-order chi connectivity index (χ0) is 13.0. The minimum absolute atomic E-state index is 0.327. The standard InChI is InChI=1S/C13H19N5/c1-4-6-14-13-15-8-11(9-16-13)12-5-7-17-18(12)10(2)3/h5,7-10H,4,6H2,1-3H3,(H,14,15,16). The van der Waals surface area contributed by atoms with Crippen LogP contribution in [-0.2, 0) is 0 Å². The first kappa shape index (κ1) is 12.5. The summed E-state index contributed by atoms with van der Waals surface area (Å²) in [4.78, 5) is 8.62. The number of nitrogens with one attached hydrogen (secondary N) is 1. The smallest absolute Gasteiger partial charge is 0.222 e. The molecule has 1 N–H and O–H groups in total. The minimum Gasteiger partial charge on any atom is -0.354 e. The molecule has 0 spiro atoms. The highest BCUT2D eigenvalue weighted by Gasteiger charge is 2.08. The first-order valence-electron chi connectivity index (χ1n) is 6.32. The Labute approximate surface area is 107 Å². The van der Waals surface area contributed by atoms with E-state index in [4.69, 9.17) is 0 Å². The second-order valence-corrected chi connectivity index (χ2v) is 4.48. The number of nitrogens with zero attached hydrogens (tertiary/aromatic N) is 4. The van der Waals surface area contributed by atoms with Crippen molar-refractivity contribution in [3.63, 3.8) is 0 Å². The molecule has 0 aliphatic carbocycles. The predicted molar refractivity (Wildman–Crippen MR) is 72.4 cm³/mol. The van der Waals surface area contributed by atoms with Crippen LogP contribution in [0.5, 0.6) is 0 Å². The molecule has 0 amide bonds. The summed E-state index contributed by atoms with van der Waals surface area (Å²) < 4.78 is 1.97. The van der Waals surface area contributed by atoms with Gasteiger partial charge in [0.05, 0.1) is 5.69 Å². The van der Waals surface area contributed by atoms with Gasteiger partial charge in [-0.2, -0.15) is 5.10 Å². The van der Waals surface area contributed by atoms with Gasteiger partial charge in [-0.15, -0.1) is 0 Å². The van der Waals surface area contributed by atoms with Gasteiger partial charge in [-0.05, 0) is 26.3 Å². The molecule has 0 atom stereocenters. The maximum absolute atomic E-state index is 4.31. The molecule has 0 unspecified atom stereocenters. The Balaban J connectivity index is 2.21. The van der Waals surface area contributed by atoms with E-state index in [-0.39, 0.29) is 0 Å². The zero-order valence-electron chi connectivity index (χ0n) is 11.1. The topological polar surface area (TPSA) is 55.6 Å². The molecule has 18 heavy (non-hydrogen) atoms. The molecule has 96 valence electrons. The van der Waals surface area contributed by atoms with E-state index in [9.17, 15) is 0 Å². The summed E-state index contributed by atoms with van der Waals surface area (Å²) in [6, 6.07) is 2.31. The summed E-state index contributed by atoms with van der Waals surface area (Å²) in [6.07, 6.45) is 6.53. The van der Waals surface area contributed by atoms with Crippen LogP contribution in [-0.4, -0.2) is 26.3 Å². The first-order chi connectivity index (χ1) is 8.72. The average molecular weight is 245 g/mol.